The molecular weight excluding hydrogens is 356 g/mol. The molecule has 0 atom stereocenters. The van der Waals surface area contributed by atoms with Gasteiger partial charge >= 0.3 is 0 Å². The number of halogens is 1. The number of nitrogens with one attached hydrogen (secondary N) is 1. The fourth-order valence-corrected chi connectivity index (χ4v) is 5.20. The summed E-state index contributed by atoms with van der Waals surface area (Å²) in [6.07, 6.45) is 6.93. The second kappa shape index (κ2) is 7.12. The number of nitrogens with zero attached hydrogens (tertiary/aromatic N) is 3. The molecule has 0 saturated carbocycles. The van der Waals surface area contributed by atoms with E-state index >= 15 is 0 Å². The molecule has 0 unspecified atom stereocenters. The number of rotatable bonds is 5. The van der Waals surface area contributed by atoms with Crippen LogP contribution in [0.4, 0.5) is 5.82 Å². The smallest absolute Gasteiger partial charge is 0.250 e. The van der Waals surface area contributed by atoms with E-state index in [0.717, 1.165) is 43.1 Å². The zero-order valence-electron chi connectivity index (χ0n) is 12.4. The van der Waals surface area contributed by atoms with Crippen LogP contribution in [0.15, 0.2) is 34.9 Å². The normalized spacial score (nSPS) is 16.7. The Morgan fingerprint density at radius 3 is 2.70 bits per heavy atom. The first-order chi connectivity index (χ1) is 11.0. The van der Waals surface area contributed by atoms with Gasteiger partial charge in [0.15, 0.2) is 0 Å². The maximum Gasteiger partial charge on any atom is 0.250 e. The summed E-state index contributed by atoms with van der Waals surface area (Å²) in [4.78, 5) is 10.6. The van der Waals surface area contributed by atoms with Crippen molar-refractivity contribution in [2.75, 3.05) is 24.5 Å². The predicted octanol–water partition coefficient (Wildman–Crippen LogP) is 2.39. The summed E-state index contributed by atoms with van der Waals surface area (Å²) in [5.41, 5.74) is 0. The molecule has 3 rings (SSSR count). The standard InChI is InChI=1S/C14H17ClN4O2S2/c15-12-1-2-14(22-12)23(20,21)18-9-11-3-7-19(8-4-11)13-10-16-5-6-17-13/h1-2,5-6,10-11,18H,3-4,7-9H2. The van der Waals surface area contributed by atoms with Gasteiger partial charge in [-0.15, -0.1) is 11.3 Å². The van der Waals surface area contributed by atoms with Crippen LogP contribution in [0.2, 0.25) is 4.34 Å². The maximum absolute atomic E-state index is 12.2. The van der Waals surface area contributed by atoms with Crippen molar-refractivity contribution in [3.05, 3.63) is 35.1 Å². The van der Waals surface area contributed by atoms with Crippen molar-refractivity contribution in [1.29, 1.82) is 0 Å². The van der Waals surface area contributed by atoms with E-state index < -0.39 is 10.0 Å². The number of anilines is 1. The first-order valence-electron chi connectivity index (χ1n) is 7.30. The molecule has 23 heavy (non-hydrogen) atoms. The third-order valence-corrected chi connectivity index (χ3v) is 7.01. The number of sulfonamides is 1. The lowest BCUT2D eigenvalue weighted by atomic mass is 9.97. The highest BCUT2D eigenvalue weighted by molar-refractivity contribution is 7.91. The van der Waals surface area contributed by atoms with Gasteiger partial charge in [0.2, 0.25) is 10.0 Å². The van der Waals surface area contributed by atoms with Gasteiger partial charge < -0.3 is 4.90 Å². The van der Waals surface area contributed by atoms with E-state index in [4.69, 9.17) is 11.6 Å². The van der Waals surface area contributed by atoms with Gasteiger partial charge in [-0.1, -0.05) is 11.6 Å². The van der Waals surface area contributed by atoms with Crippen LogP contribution in [0.3, 0.4) is 0 Å². The monoisotopic (exact) mass is 372 g/mol. The molecule has 124 valence electrons. The van der Waals surface area contributed by atoms with E-state index in [1.54, 1.807) is 24.7 Å². The summed E-state index contributed by atoms with van der Waals surface area (Å²) in [5, 5.41) is 0. The average molecular weight is 373 g/mol. The Hall–Kier alpha value is -1.22. The molecule has 1 N–H and O–H groups in total. The molecular formula is C14H17ClN4O2S2. The Labute approximate surface area is 144 Å². The topological polar surface area (TPSA) is 75.2 Å². The lowest BCUT2D eigenvalue weighted by Crippen LogP contribution is -2.38. The van der Waals surface area contributed by atoms with Gasteiger partial charge in [-0.05, 0) is 30.9 Å². The second-order valence-corrected chi connectivity index (χ2v) is 9.11. The Bertz CT molecular complexity index is 743. The molecule has 0 spiro atoms. The number of hydrogen-bond donors (Lipinski definition) is 1. The van der Waals surface area contributed by atoms with Crippen LogP contribution >= 0.6 is 22.9 Å². The molecule has 0 bridgehead atoms. The van der Waals surface area contributed by atoms with Gasteiger partial charge in [-0.3, -0.25) is 4.98 Å². The number of piperidine rings is 1. The minimum absolute atomic E-state index is 0.263. The van der Waals surface area contributed by atoms with E-state index in [2.05, 4.69) is 19.6 Å². The molecule has 2 aromatic rings. The first-order valence-corrected chi connectivity index (χ1v) is 9.98. The molecule has 1 fully saturated rings. The molecule has 1 aliphatic heterocycles. The molecule has 0 aromatic carbocycles. The predicted molar refractivity (Wildman–Crippen MR) is 91.5 cm³/mol. The average Bonchev–Trinajstić information content (AvgIpc) is 3.02. The van der Waals surface area contributed by atoms with Crippen molar-refractivity contribution in [3.63, 3.8) is 0 Å². The van der Waals surface area contributed by atoms with Gasteiger partial charge in [-0.25, -0.2) is 18.1 Å². The van der Waals surface area contributed by atoms with Crippen LogP contribution in [0, 0.1) is 5.92 Å². The molecule has 2 aromatic heterocycles. The van der Waals surface area contributed by atoms with Crippen molar-refractivity contribution >= 4 is 38.8 Å². The minimum atomic E-state index is -3.46. The maximum atomic E-state index is 12.2. The van der Waals surface area contributed by atoms with Crippen LogP contribution in [0.25, 0.3) is 0 Å². The SMILES string of the molecule is O=S(=O)(NCC1CCN(c2cnccn2)CC1)c1ccc(Cl)s1. The summed E-state index contributed by atoms with van der Waals surface area (Å²) in [6.45, 7) is 2.16. The summed E-state index contributed by atoms with van der Waals surface area (Å²) < 4.78 is 27.8. The molecule has 6 nitrogen and oxygen atoms in total. The number of hydrogen-bond acceptors (Lipinski definition) is 6. The largest absolute Gasteiger partial charge is 0.355 e. The highest BCUT2D eigenvalue weighted by Gasteiger charge is 2.23. The van der Waals surface area contributed by atoms with Crippen molar-refractivity contribution in [1.82, 2.24) is 14.7 Å². The quantitative estimate of drug-likeness (QED) is 0.872. The van der Waals surface area contributed by atoms with Crippen LogP contribution in [0.5, 0.6) is 0 Å². The molecule has 1 saturated heterocycles. The lowest BCUT2D eigenvalue weighted by Gasteiger charge is -2.32. The fraction of sp³-hybridized carbons (Fsp3) is 0.429. The van der Waals surface area contributed by atoms with E-state index in [9.17, 15) is 8.42 Å². The molecule has 0 radical (unpaired) electrons. The van der Waals surface area contributed by atoms with Crippen LogP contribution in [0.1, 0.15) is 12.8 Å². The van der Waals surface area contributed by atoms with Gasteiger partial charge in [0.05, 0.1) is 10.5 Å². The molecule has 1 aliphatic rings. The second-order valence-electron chi connectivity index (χ2n) is 5.40. The molecule has 3 heterocycles. The first kappa shape index (κ1) is 16.6. The van der Waals surface area contributed by atoms with Crippen molar-refractivity contribution in [3.8, 4) is 0 Å². The molecule has 0 aliphatic carbocycles. The van der Waals surface area contributed by atoms with E-state index in [1.807, 2.05) is 0 Å². The van der Waals surface area contributed by atoms with Crippen LogP contribution in [-0.4, -0.2) is 38.0 Å². The highest BCUT2D eigenvalue weighted by Crippen LogP contribution is 2.26. The Morgan fingerprint density at radius 2 is 2.09 bits per heavy atom. The van der Waals surface area contributed by atoms with Gasteiger partial charge in [-0.2, -0.15) is 0 Å². The Morgan fingerprint density at radius 1 is 1.30 bits per heavy atom. The van der Waals surface area contributed by atoms with Crippen molar-refractivity contribution in [2.24, 2.45) is 5.92 Å². The third kappa shape index (κ3) is 4.20. The summed E-state index contributed by atoms with van der Waals surface area (Å²) >= 11 is 6.87. The zero-order chi connectivity index (χ0) is 16.3. The summed E-state index contributed by atoms with van der Waals surface area (Å²) in [5.74, 6) is 1.20. The highest BCUT2D eigenvalue weighted by atomic mass is 35.5. The van der Waals surface area contributed by atoms with Crippen LogP contribution < -0.4 is 9.62 Å². The molecule has 0 amide bonds. The van der Waals surface area contributed by atoms with Gasteiger partial charge in [0, 0.05) is 32.0 Å². The van der Waals surface area contributed by atoms with E-state index in [-0.39, 0.29) is 4.21 Å². The lowest BCUT2D eigenvalue weighted by molar-refractivity contribution is 0.400. The van der Waals surface area contributed by atoms with Crippen molar-refractivity contribution in [2.45, 2.75) is 17.1 Å². The Kier molecular flexibility index (Phi) is 5.15. The van der Waals surface area contributed by atoms with Gasteiger partial charge in [0.25, 0.3) is 0 Å². The van der Waals surface area contributed by atoms with Crippen LogP contribution in [-0.2, 0) is 10.0 Å². The summed E-state index contributed by atoms with van der Waals surface area (Å²) in [6, 6.07) is 3.13. The third-order valence-electron chi connectivity index (χ3n) is 3.86. The number of aromatic nitrogens is 2. The van der Waals surface area contributed by atoms with E-state index in [0.29, 0.717) is 16.8 Å². The molecule has 9 heteroatoms. The number of thiophene rings is 1. The fourth-order valence-electron chi connectivity index (χ4n) is 2.56. The Balaban J connectivity index is 1.51. The minimum Gasteiger partial charge on any atom is -0.355 e. The van der Waals surface area contributed by atoms with Crippen molar-refractivity contribution < 1.29 is 8.42 Å². The zero-order valence-corrected chi connectivity index (χ0v) is 14.7. The van der Waals surface area contributed by atoms with Gasteiger partial charge in [0.1, 0.15) is 10.0 Å². The van der Waals surface area contributed by atoms with E-state index in [1.165, 1.54) is 6.07 Å². The summed E-state index contributed by atoms with van der Waals surface area (Å²) in [7, 11) is -3.46.